The van der Waals surface area contributed by atoms with Gasteiger partial charge >= 0.3 is 6.18 Å². The molecule has 2 aromatic rings. The third-order valence-corrected chi connectivity index (χ3v) is 5.70. The summed E-state index contributed by atoms with van der Waals surface area (Å²) in [6.45, 7) is 1.64. The predicted molar refractivity (Wildman–Crippen MR) is 111 cm³/mol. The molecule has 1 aliphatic carbocycles. The zero-order valence-corrected chi connectivity index (χ0v) is 17.1. The van der Waals surface area contributed by atoms with E-state index >= 15 is 0 Å². The number of rotatable bonds is 3. The van der Waals surface area contributed by atoms with Crippen molar-refractivity contribution in [3.63, 3.8) is 0 Å². The topological polar surface area (TPSA) is 58.2 Å². The number of dihydropyridines is 1. The Hall–Kier alpha value is -3.42. The Morgan fingerprint density at radius 1 is 1.06 bits per heavy atom. The molecular formula is C24H20F4N2O2. The molecule has 1 heterocycles. The molecule has 0 aromatic heterocycles. The van der Waals surface area contributed by atoms with Gasteiger partial charge in [-0.05, 0) is 49.6 Å². The first-order chi connectivity index (χ1) is 15.2. The molecular weight excluding hydrogens is 424 g/mol. The van der Waals surface area contributed by atoms with Crippen LogP contribution in [-0.2, 0) is 15.8 Å². The lowest BCUT2D eigenvalue weighted by atomic mass is 9.75. The first-order valence-corrected chi connectivity index (χ1v) is 10.1. The summed E-state index contributed by atoms with van der Waals surface area (Å²) in [7, 11) is 0. The van der Waals surface area contributed by atoms with Crippen molar-refractivity contribution in [2.45, 2.75) is 38.3 Å². The lowest BCUT2D eigenvalue weighted by molar-refractivity contribution is -0.137. The van der Waals surface area contributed by atoms with Gasteiger partial charge in [-0.25, -0.2) is 4.39 Å². The van der Waals surface area contributed by atoms with Crippen molar-refractivity contribution in [2.75, 3.05) is 5.32 Å². The van der Waals surface area contributed by atoms with Crippen LogP contribution in [0.4, 0.5) is 23.2 Å². The number of anilines is 1. The second-order valence-electron chi connectivity index (χ2n) is 7.81. The average Bonchev–Trinajstić information content (AvgIpc) is 2.73. The molecule has 8 heteroatoms. The van der Waals surface area contributed by atoms with Gasteiger partial charge in [-0.15, -0.1) is 0 Å². The number of hydrogen-bond donors (Lipinski definition) is 2. The van der Waals surface area contributed by atoms with Crippen molar-refractivity contribution in [3.05, 3.63) is 88.0 Å². The third kappa shape index (κ3) is 4.04. The molecule has 2 aromatic carbocycles. The molecule has 0 saturated carbocycles. The van der Waals surface area contributed by atoms with E-state index in [1.807, 2.05) is 0 Å². The number of para-hydroxylation sites is 1. The van der Waals surface area contributed by atoms with Crippen molar-refractivity contribution < 1.29 is 27.2 Å². The van der Waals surface area contributed by atoms with Crippen LogP contribution in [0.1, 0.15) is 43.2 Å². The van der Waals surface area contributed by atoms with Crippen LogP contribution in [0.2, 0.25) is 0 Å². The van der Waals surface area contributed by atoms with E-state index in [0.717, 1.165) is 6.07 Å². The van der Waals surface area contributed by atoms with Crippen LogP contribution >= 0.6 is 0 Å². The van der Waals surface area contributed by atoms with Gasteiger partial charge in [-0.3, -0.25) is 9.59 Å². The van der Waals surface area contributed by atoms with Gasteiger partial charge in [0, 0.05) is 34.9 Å². The van der Waals surface area contributed by atoms with Gasteiger partial charge in [-0.2, -0.15) is 13.2 Å². The summed E-state index contributed by atoms with van der Waals surface area (Å²) in [6.07, 6.45) is -3.07. The molecule has 0 radical (unpaired) electrons. The molecule has 2 aliphatic rings. The fraction of sp³-hybridized carbons (Fsp3) is 0.250. The maximum Gasteiger partial charge on any atom is 0.418 e. The summed E-state index contributed by atoms with van der Waals surface area (Å²) in [5.74, 6) is -2.18. The number of carbonyl (C=O) groups is 2. The highest BCUT2D eigenvalue weighted by Crippen LogP contribution is 2.43. The molecule has 0 unspecified atom stereocenters. The van der Waals surface area contributed by atoms with Gasteiger partial charge in [0.05, 0.1) is 11.3 Å². The number of amides is 1. The van der Waals surface area contributed by atoms with Crippen LogP contribution in [0.15, 0.2) is 71.1 Å². The Morgan fingerprint density at radius 2 is 1.75 bits per heavy atom. The molecule has 2 N–H and O–H groups in total. The van der Waals surface area contributed by atoms with Crippen LogP contribution in [0.25, 0.3) is 0 Å². The molecule has 166 valence electrons. The van der Waals surface area contributed by atoms with Gasteiger partial charge in [0.25, 0.3) is 5.91 Å². The molecule has 1 atom stereocenters. The Labute approximate surface area is 182 Å². The summed E-state index contributed by atoms with van der Waals surface area (Å²) in [4.78, 5) is 26.1. The minimum atomic E-state index is -4.65. The summed E-state index contributed by atoms with van der Waals surface area (Å²) in [5, 5.41) is 5.48. The summed E-state index contributed by atoms with van der Waals surface area (Å²) in [6, 6.07) is 10.1. The highest BCUT2D eigenvalue weighted by molar-refractivity contribution is 6.10. The van der Waals surface area contributed by atoms with Crippen LogP contribution < -0.4 is 10.6 Å². The van der Waals surface area contributed by atoms with E-state index in [1.165, 1.54) is 42.5 Å². The lowest BCUT2D eigenvalue weighted by Gasteiger charge is -2.34. The Kier molecular flexibility index (Phi) is 5.62. The molecule has 4 nitrogen and oxygen atoms in total. The number of allylic oxidation sites excluding steroid dienone is 3. The Balaban J connectivity index is 1.79. The van der Waals surface area contributed by atoms with Crippen LogP contribution in [0.5, 0.6) is 0 Å². The number of alkyl halides is 3. The molecule has 0 saturated heterocycles. The van der Waals surface area contributed by atoms with Gasteiger partial charge in [0.2, 0.25) is 0 Å². The highest BCUT2D eigenvalue weighted by Gasteiger charge is 2.39. The molecule has 4 rings (SSSR count). The number of carbonyl (C=O) groups excluding carboxylic acids is 2. The number of hydrogen-bond acceptors (Lipinski definition) is 3. The van der Waals surface area contributed by atoms with E-state index in [9.17, 15) is 27.2 Å². The fourth-order valence-electron chi connectivity index (χ4n) is 4.30. The van der Waals surface area contributed by atoms with Crippen LogP contribution in [0.3, 0.4) is 0 Å². The molecule has 0 spiro atoms. The quantitative estimate of drug-likeness (QED) is 0.619. The van der Waals surface area contributed by atoms with Gasteiger partial charge in [-0.1, -0.05) is 24.3 Å². The van der Waals surface area contributed by atoms with E-state index in [0.29, 0.717) is 41.8 Å². The largest absolute Gasteiger partial charge is 0.418 e. The summed E-state index contributed by atoms with van der Waals surface area (Å²) in [5.41, 5.74) is 0.838. The first-order valence-electron chi connectivity index (χ1n) is 10.1. The van der Waals surface area contributed by atoms with E-state index in [4.69, 9.17) is 0 Å². The van der Waals surface area contributed by atoms with Gasteiger partial charge in [0.15, 0.2) is 5.78 Å². The number of Topliss-reactive ketones (excluding diaryl/α,β-unsaturated/α-hetero) is 1. The maximum absolute atomic E-state index is 13.6. The normalized spacial score (nSPS) is 18.9. The number of nitrogens with one attached hydrogen (secondary N) is 2. The summed E-state index contributed by atoms with van der Waals surface area (Å²) < 4.78 is 53.8. The number of ketones is 1. The van der Waals surface area contributed by atoms with Gasteiger partial charge < -0.3 is 10.6 Å². The fourth-order valence-corrected chi connectivity index (χ4v) is 4.30. The molecule has 1 aliphatic heterocycles. The van der Waals surface area contributed by atoms with Gasteiger partial charge in [0.1, 0.15) is 5.82 Å². The first kappa shape index (κ1) is 21.8. The zero-order chi connectivity index (χ0) is 23.0. The zero-order valence-electron chi connectivity index (χ0n) is 17.1. The SMILES string of the molecule is CC1=C(C(=O)Nc2ccccc2C(F)(F)F)[C@H](c2ccc(F)cc2)C2=C(CCCC2=O)N1. The monoisotopic (exact) mass is 444 g/mol. The van der Waals surface area contributed by atoms with E-state index in [2.05, 4.69) is 10.6 Å². The number of benzene rings is 2. The minimum absolute atomic E-state index is 0.127. The van der Waals surface area contributed by atoms with E-state index in [-0.39, 0.29) is 17.0 Å². The number of halogens is 4. The van der Waals surface area contributed by atoms with E-state index < -0.39 is 29.4 Å². The third-order valence-electron chi connectivity index (χ3n) is 5.70. The smallest absolute Gasteiger partial charge is 0.362 e. The Bertz CT molecular complexity index is 1150. The standard InChI is InChI=1S/C24H20F4N2O2/c1-13-20(23(32)30-17-6-3-2-5-16(17)24(26,27)28)21(14-9-11-15(25)12-10-14)22-18(29-13)7-4-8-19(22)31/h2-3,5-6,9-12,21,29H,4,7-8H2,1H3,(H,30,32)/t21-/m0/s1. The van der Waals surface area contributed by atoms with E-state index in [1.54, 1.807) is 6.92 Å². The van der Waals surface area contributed by atoms with Crippen molar-refractivity contribution >= 4 is 17.4 Å². The summed E-state index contributed by atoms with van der Waals surface area (Å²) >= 11 is 0. The minimum Gasteiger partial charge on any atom is -0.362 e. The van der Waals surface area contributed by atoms with Crippen molar-refractivity contribution in [1.29, 1.82) is 0 Å². The van der Waals surface area contributed by atoms with Crippen LogP contribution in [-0.4, -0.2) is 11.7 Å². The molecule has 32 heavy (non-hydrogen) atoms. The molecule has 1 amide bonds. The molecule has 0 bridgehead atoms. The predicted octanol–water partition coefficient (Wildman–Crippen LogP) is 5.45. The lowest BCUT2D eigenvalue weighted by Crippen LogP contribution is -2.35. The second-order valence-corrected chi connectivity index (χ2v) is 7.81. The highest BCUT2D eigenvalue weighted by atomic mass is 19.4. The van der Waals surface area contributed by atoms with Crippen LogP contribution in [0, 0.1) is 5.82 Å². The average molecular weight is 444 g/mol. The maximum atomic E-state index is 13.6. The Morgan fingerprint density at radius 3 is 2.44 bits per heavy atom. The van der Waals surface area contributed by atoms with Crippen molar-refractivity contribution in [3.8, 4) is 0 Å². The van der Waals surface area contributed by atoms with Crippen molar-refractivity contribution in [2.24, 2.45) is 0 Å². The van der Waals surface area contributed by atoms with Crippen molar-refractivity contribution in [1.82, 2.24) is 5.32 Å². The molecule has 0 fully saturated rings. The second kappa shape index (κ2) is 8.26.